The number of carbonyl (C=O) groups excluding carboxylic acids is 1. The second-order valence-electron chi connectivity index (χ2n) is 6.26. The Morgan fingerprint density at radius 1 is 1.00 bits per heavy atom. The summed E-state index contributed by atoms with van der Waals surface area (Å²) in [6.07, 6.45) is 0. The molecule has 0 aromatic heterocycles. The van der Waals surface area contributed by atoms with Crippen molar-refractivity contribution in [3.8, 4) is 28.2 Å². The molecule has 28 heavy (non-hydrogen) atoms. The van der Waals surface area contributed by atoms with Gasteiger partial charge in [0, 0.05) is 28.6 Å². The highest BCUT2D eigenvalue weighted by molar-refractivity contribution is 6.07. The minimum atomic E-state index is -0.394. The molecule has 1 aliphatic carbocycles. The first-order valence-electron chi connectivity index (χ1n) is 8.93. The average molecular weight is 374 g/mol. The molecule has 0 atom stereocenters. The van der Waals surface area contributed by atoms with Crippen molar-refractivity contribution in [1.82, 2.24) is 0 Å². The van der Waals surface area contributed by atoms with Gasteiger partial charge < -0.3 is 13.9 Å². The normalized spacial score (nSPS) is 10.9. The van der Waals surface area contributed by atoms with Crippen LogP contribution in [0.4, 0.5) is 0 Å². The molecule has 0 spiro atoms. The van der Waals surface area contributed by atoms with Crippen molar-refractivity contribution in [1.29, 1.82) is 0 Å². The Labute approximate surface area is 161 Å². The van der Waals surface area contributed by atoms with Crippen molar-refractivity contribution in [3.63, 3.8) is 0 Å². The smallest absolute Gasteiger partial charge is 0.338 e. The van der Waals surface area contributed by atoms with Crippen LogP contribution in [0, 0.1) is 0 Å². The quantitative estimate of drug-likeness (QED) is 0.381. The van der Waals surface area contributed by atoms with Crippen molar-refractivity contribution in [2.75, 3.05) is 13.7 Å². The molecule has 5 heteroatoms. The van der Waals surface area contributed by atoms with Crippen molar-refractivity contribution in [3.05, 3.63) is 76.5 Å². The summed E-state index contributed by atoms with van der Waals surface area (Å²) in [5.74, 6) is 0.689. The molecule has 0 amide bonds. The van der Waals surface area contributed by atoms with E-state index in [1.165, 1.54) is 12.1 Å². The molecular weight excluding hydrogens is 356 g/mol. The van der Waals surface area contributed by atoms with Crippen LogP contribution >= 0.6 is 0 Å². The van der Waals surface area contributed by atoms with E-state index in [4.69, 9.17) is 13.9 Å². The van der Waals surface area contributed by atoms with Crippen LogP contribution in [0.1, 0.15) is 17.3 Å². The lowest BCUT2D eigenvalue weighted by molar-refractivity contribution is 0.0527. The van der Waals surface area contributed by atoms with Crippen molar-refractivity contribution in [2.24, 2.45) is 0 Å². The number of hydrogen-bond donors (Lipinski definition) is 0. The summed E-state index contributed by atoms with van der Waals surface area (Å²) in [7, 11) is 1.58. The van der Waals surface area contributed by atoms with Crippen molar-refractivity contribution in [2.45, 2.75) is 6.92 Å². The first kappa shape index (κ1) is 17.8. The number of ether oxygens (including phenoxy) is 2. The predicted molar refractivity (Wildman–Crippen MR) is 107 cm³/mol. The Balaban J connectivity index is 2.11. The maximum absolute atomic E-state index is 12.5. The summed E-state index contributed by atoms with van der Waals surface area (Å²) >= 11 is 0. The van der Waals surface area contributed by atoms with Gasteiger partial charge in [0.15, 0.2) is 5.43 Å². The molecule has 4 rings (SSSR count). The monoisotopic (exact) mass is 374 g/mol. The van der Waals surface area contributed by atoms with Crippen LogP contribution in [0.3, 0.4) is 0 Å². The Bertz CT molecular complexity index is 1210. The minimum absolute atomic E-state index is 0.150. The van der Waals surface area contributed by atoms with Crippen LogP contribution < -0.4 is 10.2 Å². The van der Waals surface area contributed by atoms with Crippen LogP contribution in [-0.2, 0) is 4.74 Å². The molecule has 0 radical (unpaired) electrons. The van der Waals surface area contributed by atoms with E-state index >= 15 is 0 Å². The van der Waals surface area contributed by atoms with E-state index < -0.39 is 5.97 Å². The van der Waals surface area contributed by atoms with Gasteiger partial charge in [-0.05, 0) is 42.8 Å². The molecule has 0 N–H and O–H groups in total. The number of fused-ring (bicyclic) bond motifs is 2. The predicted octanol–water partition coefficient (Wildman–Crippen LogP) is 4.75. The highest BCUT2D eigenvalue weighted by atomic mass is 16.5. The van der Waals surface area contributed by atoms with E-state index in [1.54, 1.807) is 38.3 Å². The van der Waals surface area contributed by atoms with Crippen LogP contribution in [0.15, 0.2) is 69.9 Å². The van der Waals surface area contributed by atoms with Crippen LogP contribution in [0.25, 0.3) is 33.4 Å². The summed E-state index contributed by atoms with van der Waals surface area (Å²) in [5, 5.41) is 0.809. The molecule has 0 bridgehead atoms. The second kappa shape index (κ2) is 7.19. The SMILES string of the molecule is CCOC(=O)c1ccccc1-c1c2ccc(=O)cc-2oc2cc(OC)ccc12. The Morgan fingerprint density at radius 3 is 2.61 bits per heavy atom. The molecule has 2 aromatic rings. The van der Waals surface area contributed by atoms with Gasteiger partial charge in [0.25, 0.3) is 0 Å². The lowest BCUT2D eigenvalue weighted by atomic mass is 9.91. The van der Waals surface area contributed by atoms with E-state index in [0.29, 0.717) is 22.7 Å². The van der Waals surface area contributed by atoms with Gasteiger partial charge >= 0.3 is 5.97 Å². The van der Waals surface area contributed by atoms with Crippen molar-refractivity contribution >= 4 is 16.9 Å². The summed E-state index contributed by atoms with van der Waals surface area (Å²) < 4.78 is 16.5. The Kier molecular flexibility index (Phi) is 4.57. The van der Waals surface area contributed by atoms with Gasteiger partial charge in [-0.3, -0.25) is 4.79 Å². The van der Waals surface area contributed by atoms with Gasteiger partial charge in [-0.15, -0.1) is 0 Å². The number of carbonyl (C=O) groups is 1. The number of hydrogen-bond acceptors (Lipinski definition) is 5. The van der Waals surface area contributed by atoms with Gasteiger partial charge in [0.2, 0.25) is 0 Å². The first-order valence-corrected chi connectivity index (χ1v) is 8.93. The highest BCUT2D eigenvalue weighted by Gasteiger charge is 2.22. The molecule has 2 aromatic carbocycles. The zero-order valence-electron chi connectivity index (χ0n) is 15.5. The van der Waals surface area contributed by atoms with E-state index in [2.05, 4.69) is 0 Å². The third kappa shape index (κ3) is 3.01. The lowest BCUT2D eigenvalue weighted by Crippen LogP contribution is -2.07. The molecule has 5 nitrogen and oxygen atoms in total. The Hall–Kier alpha value is -3.60. The molecular formula is C23H18O5. The van der Waals surface area contributed by atoms with E-state index in [0.717, 1.165) is 22.1 Å². The number of esters is 1. The number of benzene rings is 3. The molecule has 140 valence electrons. The molecule has 2 aliphatic rings. The van der Waals surface area contributed by atoms with Crippen molar-refractivity contribution < 1.29 is 18.7 Å². The van der Waals surface area contributed by atoms with Gasteiger partial charge in [0.1, 0.15) is 17.1 Å². The Morgan fingerprint density at radius 2 is 1.82 bits per heavy atom. The lowest BCUT2D eigenvalue weighted by Gasteiger charge is -2.17. The molecule has 0 saturated heterocycles. The third-order valence-electron chi connectivity index (χ3n) is 4.59. The summed E-state index contributed by atoms with van der Waals surface area (Å²) in [6, 6.07) is 17.4. The van der Waals surface area contributed by atoms with Gasteiger partial charge in [-0.25, -0.2) is 4.79 Å². The fraction of sp³-hybridized carbons (Fsp3) is 0.130. The third-order valence-corrected chi connectivity index (χ3v) is 4.59. The first-order chi connectivity index (χ1) is 13.6. The van der Waals surface area contributed by atoms with Crippen LogP contribution in [0.5, 0.6) is 5.75 Å². The minimum Gasteiger partial charge on any atom is -0.497 e. The highest BCUT2D eigenvalue weighted by Crippen LogP contribution is 2.41. The average Bonchev–Trinajstić information content (AvgIpc) is 2.71. The van der Waals surface area contributed by atoms with Crippen LogP contribution in [-0.4, -0.2) is 19.7 Å². The molecule has 1 aliphatic heterocycles. The maximum Gasteiger partial charge on any atom is 0.338 e. The van der Waals surface area contributed by atoms with Gasteiger partial charge in [0.05, 0.1) is 19.3 Å². The topological polar surface area (TPSA) is 65.7 Å². The largest absolute Gasteiger partial charge is 0.497 e. The second-order valence-corrected chi connectivity index (χ2v) is 6.26. The summed E-state index contributed by atoms with van der Waals surface area (Å²) in [6.45, 7) is 2.06. The molecule has 0 saturated carbocycles. The maximum atomic E-state index is 12.5. The number of rotatable bonds is 4. The fourth-order valence-corrected chi connectivity index (χ4v) is 3.36. The zero-order chi connectivity index (χ0) is 19.7. The van der Waals surface area contributed by atoms with Gasteiger partial charge in [-0.1, -0.05) is 18.2 Å². The summed E-state index contributed by atoms with van der Waals surface area (Å²) in [5.41, 5.74) is 3.14. The molecule has 0 fully saturated rings. The molecule has 1 heterocycles. The van der Waals surface area contributed by atoms with E-state index in [-0.39, 0.29) is 12.0 Å². The fourth-order valence-electron chi connectivity index (χ4n) is 3.36. The van der Waals surface area contributed by atoms with E-state index in [9.17, 15) is 9.59 Å². The van der Waals surface area contributed by atoms with E-state index in [1.807, 2.05) is 24.3 Å². The molecule has 0 unspecified atom stereocenters. The zero-order valence-corrected chi connectivity index (χ0v) is 15.5. The standard InChI is InChI=1S/C23H18O5/c1-3-27-23(25)17-7-5-4-6-16(17)22-18-10-8-14(24)12-20(18)28-21-13-15(26-2)9-11-19(21)22/h4-13H,3H2,1-2H3. The van der Waals surface area contributed by atoms with Crippen LogP contribution in [0.2, 0.25) is 0 Å². The summed E-state index contributed by atoms with van der Waals surface area (Å²) in [4.78, 5) is 24.4. The number of methoxy groups -OCH3 is 1. The van der Waals surface area contributed by atoms with Gasteiger partial charge in [-0.2, -0.15) is 0 Å².